The van der Waals surface area contributed by atoms with E-state index in [-0.39, 0.29) is 0 Å². The fourth-order valence-electron chi connectivity index (χ4n) is 10.7. The van der Waals surface area contributed by atoms with E-state index in [0.29, 0.717) is 12.1 Å². The van der Waals surface area contributed by atoms with Crippen LogP contribution in [0.3, 0.4) is 0 Å². The Labute approximate surface area is 325 Å². The topological polar surface area (TPSA) is 45.5 Å². The molecule has 56 heavy (non-hydrogen) atoms. The van der Waals surface area contributed by atoms with Gasteiger partial charge in [-0.05, 0) is 74.2 Å². The summed E-state index contributed by atoms with van der Waals surface area (Å²) in [6, 6.07) is 49.6. The Morgan fingerprint density at radius 3 is 1.11 bits per heavy atom. The van der Waals surface area contributed by atoms with Gasteiger partial charge < -0.3 is 9.13 Å². The molecular formula is C50H44N6. The molecule has 4 aromatic carbocycles. The van der Waals surface area contributed by atoms with Crippen molar-refractivity contribution in [3.8, 4) is 23.0 Å². The van der Waals surface area contributed by atoms with Gasteiger partial charge in [0.25, 0.3) is 0 Å². The van der Waals surface area contributed by atoms with Gasteiger partial charge >= 0.3 is 0 Å². The van der Waals surface area contributed by atoms with Crippen molar-refractivity contribution in [3.63, 3.8) is 0 Å². The number of pyridine rings is 2. The largest absolute Gasteiger partial charge is 0.336 e. The molecule has 2 aliphatic carbocycles. The van der Waals surface area contributed by atoms with Gasteiger partial charge in [-0.15, -0.1) is 0 Å². The Bertz CT molecular complexity index is 2900. The summed E-state index contributed by atoms with van der Waals surface area (Å²) >= 11 is 0. The van der Waals surface area contributed by atoms with Crippen LogP contribution in [0.1, 0.15) is 76.3 Å². The number of benzene rings is 4. The zero-order chi connectivity index (χ0) is 36.7. The number of nitrogens with zero attached hydrogens (tertiary/aromatic N) is 6. The van der Waals surface area contributed by atoms with Gasteiger partial charge in [-0.2, -0.15) is 0 Å². The van der Waals surface area contributed by atoms with Crippen LogP contribution in [0.4, 0.5) is 0 Å². The fraction of sp³-hybridized carbons (Fsp3) is 0.240. The van der Waals surface area contributed by atoms with Gasteiger partial charge in [-0.3, -0.25) is 9.13 Å². The first-order valence-electron chi connectivity index (χ1n) is 20.8. The summed E-state index contributed by atoms with van der Waals surface area (Å²) in [6.45, 7) is 0. The summed E-state index contributed by atoms with van der Waals surface area (Å²) in [4.78, 5) is 10.9. The minimum atomic E-state index is 0.504. The molecule has 2 aliphatic rings. The third kappa shape index (κ3) is 4.68. The van der Waals surface area contributed by atoms with Crippen LogP contribution in [-0.4, -0.2) is 28.2 Å². The van der Waals surface area contributed by atoms with Crippen molar-refractivity contribution in [2.75, 3.05) is 0 Å². The highest BCUT2D eigenvalue weighted by atomic mass is 15.1. The van der Waals surface area contributed by atoms with Crippen LogP contribution in [0.5, 0.6) is 0 Å². The predicted molar refractivity (Wildman–Crippen MR) is 231 cm³/mol. The van der Waals surface area contributed by atoms with E-state index in [4.69, 9.17) is 9.97 Å². The van der Waals surface area contributed by atoms with E-state index in [2.05, 4.69) is 152 Å². The molecule has 0 aliphatic heterocycles. The molecule has 2 saturated carbocycles. The maximum Gasteiger partial charge on any atom is 0.138 e. The van der Waals surface area contributed by atoms with Crippen molar-refractivity contribution >= 4 is 65.7 Å². The summed E-state index contributed by atoms with van der Waals surface area (Å²) in [5.41, 5.74) is 11.9. The lowest BCUT2D eigenvalue weighted by atomic mass is 9.95. The van der Waals surface area contributed by atoms with Gasteiger partial charge in [-0.25, -0.2) is 9.97 Å². The summed E-state index contributed by atoms with van der Waals surface area (Å²) in [7, 11) is 0. The zero-order valence-corrected chi connectivity index (χ0v) is 31.6. The molecule has 6 aromatic heterocycles. The molecule has 0 bridgehead atoms. The third-order valence-corrected chi connectivity index (χ3v) is 13.1. The second-order valence-electron chi connectivity index (χ2n) is 16.2. The van der Waals surface area contributed by atoms with Crippen molar-refractivity contribution in [1.29, 1.82) is 0 Å². The first-order valence-corrected chi connectivity index (χ1v) is 20.8. The molecule has 12 rings (SSSR count). The molecule has 274 valence electrons. The Hall–Kier alpha value is -6.14. The second-order valence-corrected chi connectivity index (χ2v) is 16.2. The average molecular weight is 729 g/mol. The highest BCUT2D eigenvalue weighted by molar-refractivity contribution is 6.20. The smallest absolute Gasteiger partial charge is 0.138 e. The highest BCUT2D eigenvalue weighted by Gasteiger charge is 2.28. The molecule has 2 fully saturated rings. The lowest BCUT2D eigenvalue weighted by Gasteiger charge is -2.25. The normalized spacial score (nSPS) is 16.1. The summed E-state index contributed by atoms with van der Waals surface area (Å²) in [5, 5.41) is 5.14. The maximum atomic E-state index is 5.45. The number of hydrogen-bond acceptors (Lipinski definition) is 2. The van der Waals surface area contributed by atoms with Crippen LogP contribution < -0.4 is 0 Å². The average Bonchev–Trinajstić information content (AvgIpc) is 3.99. The van der Waals surface area contributed by atoms with Crippen molar-refractivity contribution in [1.82, 2.24) is 28.2 Å². The Balaban J connectivity index is 1.05. The summed E-state index contributed by atoms with van der Waals surface area (Å²) in [6.07, 6.45) is 12.8. The molecule has 10 aromatic rings. The van der Waals surface area contributed by atoms with Crippen LogP contribution >= 0.6 is 0 Å². The first-order chi connectivity index (χ1) is 27.8. The Morgan fingerprint density at radius 1 is 0.339 bits per heavy atom. The van der Waals surface area contributed by atoms with Crippen molar-refractivity contribution in [3.05, 3.63) is 133 Å². The monoisotopic (exact) mass is 728 g/mol. The Kier molecular flexibility index (Phi) is 7.29. The molecule has 0 amide bonds. The Morgan fingerprint density at radius 2 is 0.696 bits per heavy atom. The molecule has 0 saturated heterocycles. The van der Waals surface area contributed by atoms with E-state index < -0.39 is 0 Å². The molecule has 0 radical (unpaired) electrons. The lowest BCUT2D eigenvalue weighted by molar-refractivity contribution is 0.367. The number of hydrogen-bond donors (Lipinski definition) is 0. The van der Waals surface area contributed by atoms with Crippen LogP contribution in [0.15, 0.2) is 133 Å². The third-order valence-electron chi connectivity index (χ3n) is 13.1. The van der Waals surface area contributed by atoms with Crippen molar-refractivity contribution < 1.29 is 0 Å². The van der Waals surface area contributed by atoms with Gasteiger partial charge in [0.05, 0.1) is 55.5 Å². The number of fused-ring (bicyclic) bond motifs is 10. The summed E-state index contributed by atoms with van der Waals surface area (Å²) < 4.78 is 10.2. The van der Waals surface area contributed by atoms with E-state index in [1.54, 1.807) is 0 Å². The quantitative estimate of drug-likeness (QED) is 0.177. The van der Waals surface area contributed by atoms with E-state index in [1.807, 2.05) is 0 Å². The second kappa shape index (κ2) is 12.7. The zero-order valence-electron chi connectivity index (χ0n) is 31.6. The maximum absolute atomic E-state index is 5.45. The summed E-state index contributed by atoms with van der Waals surface area (Å²) in [5.74, 6) is 1.83. The van der Waals surface area contributed by atoms with Crippen molar-refractivity contribution in [2.45, 2.75) is 76.3 Å². The van der Waals surface area contributed by atoms with Gasteiger partial charge in [0.1, 0.15) is 11.6 Å². The van der Waals surface area contributed by atoms with E-state index in [1.165, 1.54) is 130 Å². The van der Waals surface area contributed by atoms with E-state index in [9.17, 15) is 0 Å². The standard InChI is InChI=1S/C50H44N6/c1-3-17-33(18-4-1)53-41-27-11-7-21-35(41)49-47(53)37-23-9-13-29-43(37)55(49)45-31-15-25-39(51-45)40-26-16-32-46(52-40)56-44-30-14-10-24-38(44)48-50(56)36-22-8-12-28-42(36)54(48)34-19-5-2-6-20-34/h7-16,21-34H,1-6,17-20H2. The molecule has 6 heteroatoms. The van der Waals surface area contributed by atoms with Crippen LogP contribution in [0, 0.1) is 0 Å². The number of para-hydroxylation sites is 4. The number of rotatable bonds is 5. The van der Waals surface area contributed by atoms with E-state index >= 15 is 0 Å². The molecule has 0 atom stereocenters. The molecule has 6 heterocycles. The van der Waals surface area contributed by atoms with Crippen LogP contribution in [-0.2, 0) is 0 Å². The van der Waals surface area contributed by atoms with Gasteiger partial charge in [0.15, 0.2) is 0 Å². The van der Waals surface area contributed by atoms with Crippen LogP contribution in [0.25, 0.3) is 88.7 Å². The lowest BCUT2D eigenvalue weighted by Crippen LogP contribution is -2.12. The number of aromatic nitrogens is 6. The van der Waals surface area contributed by atoms with E-state index in [0.717, 1.165) is 23.0 Å². The SMILES string of the molecule is c1cc(-c2cccc(-n3c4ccccc4c4c3c3ccccc3n4C3CCCCC3)n2)nc(-n2c3ccccc3c3c2c2ccccc2n3C2CCCCC2)c1. The van der Waals surface area contributed by atoms with Crippen LogP contribution in [0.2, 0.25) is 0 Å². The first kappa shape index (κ1) is 32.1. The highest BCUT2D eigenvalue weighted by Crippen LogP contribution is 2.45. The molecule has 0 N–H and O–H groups in total. The molecular weight excluding hydrogens is 685 g/mol. The fourth-order valence-corrected chi connectivity index (χ4v) is 10.7. The van der Waals surface area contributed by atoms with Gasteiger partial charge in [0, 0.05) is 33.6 Å². The van der Waals surface area contributed by atoms with Crippen molar-refractivity contribution in [2.24, 2.45) is 0 Å². The van der Waals surface area contributed by atoms with Gasteiger partial charge in [0.2, 0.25) is 0 Å². The molecule has 0 unspecified atom stereocenters. The molecule has 6 nitrogen and oxygen atoms in total. The van der Waals surface area contributed by atoms with Gasteiger partial charge in [-0.1, -0.05) is 123 Å². The predicted octanol–water partition coefficient (Wildman–Crippen LogP) is 13.3. The minimum Gasteiger partial charge on any atom is -0.336 e. The molecule has 0 spiro atoms. The minimum absolute atomic E-state index is 0.504.